The molecule has 2 N–H and O–H groups in total. The topological polar surface area (TPSA) is 83.0 Å². The van der Waals surface area contributed by atoms with E-state index in [9.17, 15) is 18.4 Å². The van der Waals surface area contributed by atoms with Gasteiger partial charge in [0.2, 0.25) is 5.78 Å². The van der Waals surface area contributed by atoms with Crippen LogP contribution in [0, 0.1) is 11.6 Å². The number of carbonyl (C=O) groups is 2. The number of aromatic carboxylic acids is 1. The smallest absolute Gasteiger partial charge is 0.354 e. The number of H-pyrrole nitrogens is 1. The number of carboxylic acid groups (broad SMARTS) is 1. The molecular weight excluding hydrogens is 246 g/mol. The Kier molecular flexibility index (Phi) is 2.88. The van der Waals surface area contributed by atoms with Gasteiger partial charge in [-0.25, -0.2) is 18.6 Å². The van der Waals surface area contributed by atoms with Crippen molar-refractivity contribution in [3.63, 3.8) is 0 Å². The highest BCUT2D eigenvalue weighted by molar-refractivity contribution is 6.12. The van der Waals surface area contributed by atoms with Crippen LogP contribution in [0.1, 0.15) is 26.5 Å². The summed E-state index contributed by atoms with van der Waals surface area (Å²) in [7, 11) is 0. The number of aromatic amines is 1. The molecule has 2 rings (SSSR count). The summed E-state index contributed by atoms with van der Waals surface area (Å²) in [5.74, 6) is -4.44. The van der Waals surface area contributed by atoms with E-state index in [2.05, 4.69) is 9.97 Å². The van der Waals surface area contributed by atoms with Crippen LogP contribution < -0.4 is 0 Å². The number of rotatable bonds is 3. The van der Waals surface area contributed by atoms with Gasteiger partial charge in [0, 0.05) is 5.56 Å². The molecule has 5 nitrogen and oxygen atoms in total. The fourth-order valence-corrected chi connectivity index (χ4v) is 1.40. The zero-order valence-corrected chi connectivity index (χ0v) is 8.78. The summed E-state index contributed by atoms with van der Waals surface area (Å²) < 4.78 is 25.7. The van der Waals surface area contributed by atoms with Crippen LogP contribution in [0.25, 0.3) is 0 Å². The first kappa shape index (κ1) is 11.9. The number of ketones is 1. The van der Waals surface area contributed by atoms with Crippen LogP contribution >= 0.6 is 0 Å². The number of carboxylic acids is 1. The Morgan fingerprint density at radius 1 is 1.22 bits per heavy atom. The van der Waals surface area contributed by atoms with Crippen molar-refractivity contribution in [2.45, 2.75) is 0 Å². The zero-order chi connectivity index (χ0) is 13.3. The highest BCUT2D eigenvalue weighted by Gasteiger charge is 2.21. The molecular formula is C11H6F2N2O3. The first-order valence-electron chi connectivity index (χ1n) is 4.77. The van der Waals surface area contributed by atoms with Crippen LogP contribution in [0.3, 0.4) is 0 Å². The standard InChI is InChI=1S/C11H6F2N2O3/c12-6-2-1-5(3-7(6)13)10(16)8-9(11(17)18)15-4-14-8/h1-4H,(H,14,15)(H,17,18). The summed E-state index contributed by atoms with van der Waals surface area (Å²) in [6.07, 6.45) is 1.04. The molecule has 0 aliphatic rings. The van der Waals surface area contributed by atoms with E-state index < -0.39 is 29.1 Å². The molecule has 0 spiro atoms. The number of nitrogens with one attached hydrogen (secondary N) is 1. The number of imidazole rings is 1. The summed E-state index contributed by atoms with van der Waals surface area (Å²) in [6, 6.07) is 2.54. The molecule has 7 heteroatoms. The molecule has 1 aromatic heterocycles. The normalized spacial score (nSPS) is 10.3. The molecule has 0 aliphatic heterocycles. The summed E-state index contributed by atoms with van der Waals surface area (Å²) in [6.45, 7) is 0. The Balaban J connectivity index is 2.45. The van der Waals surface area contributed by atoms with Crippen molar-refractivity contribution in [2.75, 3.05) is 0 Å². The molecule has 0 bridgehead atoms. The molecule has 2 aromatic rings. The molecule has 0 unspecified atom stereocenters. The van der Waals surface area contributed by atoms with E-state index in [1.165, 1.54) is 0 Å². The second-order valence-corrected chi connectivity index (χ2v) is 3.39. The van der Waals surface area contributed by atoms with E-state index in [4.69, 9.17) is 5.11 Å². The molecule has 92 valence electrons. The predicted molar refractivity (Wildman–Crippen MR) is 55.3 cm³/mol. The van der Waals surface area contributed by atoms with E-state index in [1.54, 1.807) is 0 Å². The van der Waals surface area contributed by atoms with Crippen LogP contribution in [-0.2, 0) is 0 Å². The molecule has 0 saturated heterocycles. The van der Waals surface area contributed by atoms with Gasteiger partial charge >= 0.3 is 5.97 Å². The molecule has 0 saturated carbocycles. The minimum absolute atomic E-state index is 0.177. The van der Waals surface area contributed by atoms with Crippen LogP contribution in [0.4, 0.5) is 8.78 Å². The quantitative estimate of drug-likeness (QED) is 0.813. The number of aromatic nitrogens is 2. The summed E-state index contributed by atoms with van der Waals surface area (Å²) >= 11 is 0. The van der Waals surface area contributed by atoms with Crippen molar-refractivity contribution in [3.8, 4) is 0 Å². The van der Waals surface area contributed by atoms with Gasteiger partial charge in [-0.1, -0.05) is 0 Å². The Labute approximate surface area is 99.1 Å². The summed E-state index contributed by atoms with van der Waals surface area (Å²) in [5.41, 5.74) is -0.929. The Morgan fingerprint density at radius 3 is 2.56 bits per heavy atom. The largest absolute Gasteiger partial charge is 0.477 e. The fourth-order valence-electron chi connectivity index (χ4n) is 1.40. The zero-order valence-electron chi connectivity index (χ0n) is 8.78. The SMILES string of the molecule is O=C(c1ccc(F)c(F)c1)c1nc[nH]c1C(=O)O. The van der Waals surface area contributed by atoms with Gasteiger partial charge in [-0.05, 0) is 18.2 Å². The first-order valence-corrected chi connectivity index (χ1v) is 4.77. The van der Waals surface area contributed by atoms with Gasteiger partial charge in [0.1, 0.15) is 5.69 Å². The van der Waals surface area contributed by atoms with E-state index in [0.29, 0.717) is 6.07 Å². The van der Waals surface area contributed by atoms with Crippen molar-refractivity contribution >= 4 is 11.8 Å². The minimum Gasteiger partial charge on any atom is -0.477 e. The lowest BCUT2D eigenvalue weighted by atomic mass is 10.1. The molecule has 1 aromatic carbocycles. The number of halogens is 2. The van der Waals surface area contributed by atoms with Crippen molar-refractivity contribution in [1.29, 1.82) is 0 Å². The number of hydrogen-bond acceptors (Lipinski definition) is 3. The third-order valence-electron chi connectivity index (χ3n) is 2.25. The van der Waals surface area contributed by atoms with Crippen LogP contribution in [-0.4, -0.2) is 26.8 Å². The highest BCUT2D eigenvalue weighted by atomic mass is 19.2. The number of carbonyl (C=O) groups excluding carboxylic acids is 1. The highest BCUT2D eigenvalue weighted by Crippen LogP contribution is 2.14. The number of benzene rings is 1. The van der Waals surface area contributed by atoms with Crippen LogP contribution in [0.5, 0.6) is 0 Å². The molecule has 0 radical (unpaired) electrons. The van der Waals surface area contributed by atoms with E-state index in [-0.39, 0.29) is 11.3 Å². The monoisotopic (exact) mass is 252 g/mol. The van der Waals surface area contributed by atoms with Crippen molar-refractivity contribution in [3.05, 3.63) is 53.1 Å². The molecule has 0 fully saturated rings. The van der Waals surface area contributed by atoms with Crippen molar-refractivity contribution in [1.82, 2.24) is 9.97 Å². The molecule has 1 heterocycles. The van der Waals surface area contributed by atoms with Crippen molar-refractivity contribution < 1.29 is 23.5 Å². The van der Waals surface area contributed by atoms with Gasteiger partial charge in [-0.2, -0.15) is 0 Å². The van der Waals surface area contributed by atoms with Gasteiger partial charge in [0.05, 0.1) is 6.33 Å². The second-order valence-electron chi connectivity index (χ2n) is 3.39. The third-order valence-corrected chi connectivity index (χ3v) is 2.25. The van der Waals surface area contributed by atoms with Gasteiger partial charge < -0.3 is 10.1 Å². The Bertz CT molecular complexity index is 637. The first-order chi connectivity index (χ1) is 8.50. The molecule has 0 atom stereocenters. The van der Waals surface area contributed by atoms with Gasteiger partial charge in [0.25, 0.3) is 0 Å². The van der Waals surface area contributed by atoms with Gasteiger partial charge in [-0.3, -0.25) is 4.79 Å². The maximum Gasteiger partial charge on any atom is 0.354 e. The van der Waals surface area contributed by atoms with Crippen molar-refractivity contribution in [2.24, 2.45) is 0 Å². The fraction of sp³-hybridized carbons (Fsp3) is 0. The summed E-state index contributed by atoms with van der Waals surface area (Å²) in [4.78, 5) is 28.5. The molecule has 0 amide bonds. The van der Waals surface area contributed by atoms with E-state index >= 15 is 0 Å². The van der Waals surface area contributed by atoms with E-state index in [1.807, 2.05) is 0 Å². The number of nitrogens with zero attached hydrogens (tertiary/aromatic N) is 1. The van der Waals surface area contributed by atoms with Gasteiger partial charge in [0.15, 0.2) is 17.3 Å². The van der Waals surface area contributed by atoms with Crippen LogP contribution in [0.2, 0.25) is 0 Å². The lowest BCUT2D eigenvalue weighted by Gasteiger charge is -2.00. The Hall–Kier alpha value is -2.57. The lowest BCUT2D eigenvalue weighted by Crippen LogP contribution is -2.10. The molecule has 0 aliphatic carbocycles. The summed E-state index contributed by atoms with van der Waals surface area (Å²) in [5, 5.41) is 8.79. The van der Waals surface area contributed by atoms with E-state index in [0.717, 1.165) is 18.5 Å². The average Bonchev–Trinajstić information content (AvgIpc) is 2.81. The second kappa shape index (κ2) is 4.36. The lowest BCUT2D eigenvalue weighted by molar-refractivity contribution is 0.0687. The predicted octanol–water partition coefficient (Wildman–Crippen LogP) is 1.62. The third kappa shape index (κ3) is 1.97. The maximum absolute atomic E-state index is 13.0. The molecule has 18 heavy (non-hydrogen) atoms. The minimum atomic E-state index is -1.36. The Morgan fingerprint density at radius 2 is 1.94 bits per heavy atom. The van der Waals surface area contributed by atoms with Crippen LogP contribution in [0.15, 0.2) is 24.5 Å². The van der Waals surface area contributed by atoms with Gasteiger partial charge in [-0.15, -0.1) is 0 Å². The maximum atomic E-state index is 13.0. The average molecular weight is 252 g/mol. The number of hydrogen-bond donors (Lipinski definition) is 2.